The van der Waals surface area contributed by atoms with E-state index in [4.69, 9.17) is 32.7 Å². The summed E-state index contributed by atoms with van der Waals surface area (Å²) in [4.78, 5) is 24.2. The normalized spacial score (nSPS) is 12.0. The number of carbonyl (C=O) groups is 2. The molecule has 0 bridgehead atoms. The highest BCUT2D eigenvalue weighted by Gasteiger charge is 2.18. The summed E-state index contributed by atoms with van der Waals surface area (Å²) in [6.45, 7) is 1.52. The fraction of sp³-hybridized carbons (Fsp3) is 0.158. The minimum absolute atomic E-state index is 0.297. The summed E-state index contributed by atoms with van der Waals surface area (Å²) >= 11 is 11.8. The Balaban J connectivity index is 1.98. The van der Waals surface area contributed by atoms with E-state index >= 15 is 0 Å². The van der Waals surface area contributed by atoms with Gasteiger partial charge < -0.3 is 9.47 Å². The Hall–Kier alpha value is -2.30. The molecule has 0 heterocycles. The summed E-state index contributed by atoms with van der Waals surface area (Å²) in [7, 11) is 1.54. The third-order valence-corrected chi connectivity index (χ3v) is 3.96. The van der Waals surface area contributed by atoms with Gasteiger partial charge in [0.05, 0.1) is 7.11 Å². The second-order valence-corrected chi connectivity index (χ2v) is 6.01. The second-order valence-electron chi connectivity index (χ2n) is 5.17. The van der Waals surface area contributed by atoms with Crippen LogP contribution < -0.4 is 4.74 Å². The molecule has 130 valence electrons. The van der Waals surface area contributed by atoms with Crippen LogP contribution in [0.2, 0.25) is 10.0 Å². The number of esters is 1. The SMILES string of the molecule is COc1ccc(C(=O)[C@H](C)OC(=O)/C=C/c2ccc(Cl)cc2Cl)cc1. The minimum atomic E-state index is -0.911. The molecule has 0 saturated heterocycles. The zero-order valence-electron chi connectivity index (χ0n) is 13.7. The fourth-order valence-corrected chi connectivity index (χ4v) is 2.52. The number of ketones is 1. The maximum Gasteiger partial charge on any atom is 0.331 e. The van der Waals surface area contributed by atoms with Crippen molar-refractivity contribution in [2.24, 2.45) is 0 Å². The van der Waals surface area contributed by atoms with Crippen LogP contribution in [-0.2, 0) is 9.53 Å². The molecule has 0 aliphatic heterocycles. The van der Waals surface area contributed by atoms with Crippen LogP contribution >= 0.6 is 23.2 Å². The Morgan fingerprint density at radius 3 is 2.36 bits per heavy atom. The predicted octanol–water partition coefficient (Wildman–Crippen LogP) is 4.83. The van der Waals surface area contributed by atoms with E-state index in [-0.39, 0.29) is 5.78 Å². The lowest BCUT2D eigenvalue weighted by molar-refractivity contribution is -0.140. The average Bonchev–Trinajstić information content (AvgIpc) is 2.60. The summed E-state index contributed by atoms with van der Waals surface area (Å²) in [5, 5.41) is 0.919. The Kier molecular flexibility index (Phi) is 6.62. The van der Waals surface area contributed by atoms with E-state index in [0.29, 0.717) is 26.9 Å². The van der Waals surface area contributed by atoms with Gasteiger partial charge in [0.25, 0.3) is 0 Å². The van der Waals surface area contributed by atoms with E-state index in [2.05, 4.69) is 0 Å². The summed E-state index contributed by atoms with van der Waals surface area (Å²) in [6, 6.07) is 11.5. The lowest BCUT2D eigenvalue weighted by atomic mass is 10.1. The van der Waals surface area contributed by atoms with Gasteiger partial charge in [-0.2, -0.15) is 0 Å². The maximum absolute atomic E-state index is 12.3. The number of halogens is 2. The summed E-state index contributed by atoms with van der Waals surface area (Å²) in [5.41, 5.74) is 1.06. The molecule has 0 aromatic heterocycles. The van der Waals surface area contributed by atoms with Crippen molar-refractivity contribution < 1.29 is 19.1 Å². The molecule has 1 atom stereocenters. The van der Waals surface area contributed by atoms with Gasteiger partial charge in [-0.3, -0.25) is 4.79 Å². The van der Waals surface area contributed by atoms with Gasteiger partial charge in [-0.15, -0.1) is 0 Å². The Bertz CT molecular complexity index is 798. The first-order valence-electron chi connectivity index (χ1n) is 7.42. The standard InChI is InChI=1S/C19H16Cl2O4/c1-12(19(23)14-4-8-16(24-2)9-5-14)25-18(22)10-6-13-3-7-15(20)11-17(13)21/h3-12H,1-2H3/b10-6+/t12-/m0/s1. The molecule has 0 radical (unpaired) electrons. The van der Waals surface area contributed by atoms with Crippen LogP contribution in [0.1, 0.15) is 22.8 Å². The summed E-state index contributed by atoms with van der Waals surface area (Å²) < 4.78 is 10.2. The summed E-state index contributed by atoms with van der Waals surface area (Å²) in [6.07, 6.45) is 1.81. The van der Waals surface area contributed by atoms with Crippen molar-refractivity contribution in [2.45, 2.75) is 13.0 Å². The monoisotopic (exact) mass is 378 g/mol. The van der Waals surface area contributed by atoms with Crippen molar-refractivity contribution in [2.75, 3.05) is 7.11 Å². The quantitative estimate of drug-likeness (QED) is 0.410. The van der Waals surface area contributed by atoms with Crippen LogP contribution in [0.25, 0.3) is 6.08 Å². The van der Waals surface area contributed by atoms with Crippen LogP contribution in [0, 0.1) is 0 Å². The van der Waals surface area contributed by atoms with Crippen molar-refractivity contribution in [3.05, 3.63) is 69.7 Å². The molecule has 0 saturated carbocycles. The molecule has 0 aliphatic rings. The van der Waals surface area contributed by atoms with Gasteiger partial charge in [0.2, 0.25) is 5.78 Å². The van der Waals surface area contributed by atoms with Crippen LogP contribution in [0.3, 0.4) is 0 Å². The van der Waals surface area contributed by atoms with E-state index in [0.717, 1.165) is 0 Å². The number of methoxy groups -OCH3 is 1. The van der Waals surface area contributed by atoms with Gasteiger partial charge in [0.1, 0.15) is 5.75 Å². The van der Waals surface area contributed by atoms with Crippen molar-refractivity contribution in [1.29, 1.82) is 0 Å². The second kappa shape index (κ2) is 8.70. The molecule has 0 unspecified atom stereocenters. The molecule has 0 N–H and O–H groups in total. The van der Waals surface area contributed by atoms with Gasteiger partial charge in [0, 0.05) is 21.7 Å². The molecule has 2 aromatic carbocycles. The van der Waals surface area contributed by atoms with Crippen molar-refractivity contribution in [1.82, 2.24) is 0 Å². The zero-order chi connectivity index (χ0) is 18.4. The van der Waals surface area contributed by atoms with E-state index in [9.17, 15) is 9.59 Å². The molecular weight excluding hydrogens is 363 g/mol. The number of Topliss-reactive ketones (excluding diaryl/α,β-unsaturated/α-hetero) is 1. The topological polar surface area (TPSA) is 52.6 Å². The molecule has 0 spiro atoms. The van der Waals surface area contributed by atoms with Gasteiger partial charge >= 0.3 is 5.97 Å². The van der Waals surface area contributed by atoms with Gasteiger partial charge in [-0.05, 0) is 55.0 Å². The largest absolute Gasteiger partial charge is 0.497 e. The van der Waals surface area contributed by atoms with E-state index in [1.54, 1.807) is 49.6 Å². The number of carbonyl (C=O) groups excluding carboxylic acids is 2. The minimum Gasteiger partial charge on any atom is -0.497 e. The first-order valence-corrected chi connectivity index (χ1v) is 8.18. The van der Waals surface area contributed by atoms with Crippen LogP contribution in [0.4, 0.5) is 0 Å². The van der Waals surface area contributed by atoms with Gasteiger partial charge in [0.15, 0.2) is 6.10 Å². The lowest BCUT2D eigenvalue weighted by Gasteiger charge is -2.11. The number of ether oxygens (including phenoxy) is 2. The van der Waals surface area contributed by atoms with Crippen molar-refractivity contribution >= 4 is 41.0 Å². The number of hydrogen-bond donors (Lipinski definition) is 0. The third-order valence-electron chi connectivity index (χ3n) is 3.40. The fourth-order valence-electron chi connectivity index (χ4n) is 2.05. The highest BCUT2D eigenvalue weighted by Crippen LogP contribution is 2.22. The molecular formula is C19H16Cl2O4. The zero-order valence-corrected chi connectivity index (χ0v) is 15.2. The highest BCUT2D eigenvalue weighted by molar-refractivity contribution is 6.35. The van der Waals surface area contributed by atoms with Crippen LogP contribution in [0.5, 0.6) is 5.75 Å². The first-order chi connectivity index (χ1) is 11.9. The maximum atomic E-state index is 12.3. The number of hydrogen-bond acceptors (Lipinski definition) is 4. The molecule has 2 rings (SSSR count). The molecule has 0 aliphatic carbocycles. The number of rotatable bonds is 6. The molecule has 6 heteroatoms. The Labute approximate surface area is 156 Å². The predicted molar refractivity (Wildman–Crippen MR) is 98.4 cm³/mol. The number of benzene rings is 2. The Morgan fingerprint density at radius 1 is 1.08 bits per heavy atom. The van der Waals surface area contributed by atoms with Crippen LogP contribution in [0.15, 0.2) is 48.5 Å². The lowest BCUT2D eigenvalue weighted by Crippen LogP contribution is -2.23. The van der Waals surface area contributed by atoms with Gasteiger partial charge in [-0.25, -0.2) is 4.79 Å². The molecule has 2 aromatic rings. The Morgan fingerprint density at radius 2 is 1.76 bits per heavy atom. The van der Waals surface area contributed by atoms with E-state index < -0.39 is 12.1 Å². The third kappa shape index (κ3) is 5.34. The van der Waals surface area contributed by atoms with Crippen molar-refractivity contribution in [3.63, 3.8) is 0 Å². The summed E-state index contributed by atoms with van der Waals surface area (Å²) in [5.74, 6) is -0.293. The average molecular weight is 379 g/mol. The van der Waals surface area contributed by atoms with Crippen LogP contribution in [-0.4, -0.2) is 25.0 Å². The smallest absolute Gasteiger partial charge is 0.331 e. The highest BCUT2D eigenvalue weighted by atomic mass is 35.5. The molecule has 25 heavy (non-hydrogen) atoms. The van der Waals surface area contributed by atoms with Crippen molar-refractivity contribution in [3.8, 4) is 5.75 Å². The first kappa shape index (κ1) is 19.0. The molecule has 0 fully saturated rings. The van der Waals surface area contributed by atoms with E-state index in [1.807, 2.05) is 0 Å². The van der Waals surface area contributed by atoms with Gasteiger partial charge in [-0.1, -0.05) is 29.3 Å². The molecule has 0 amide bonds. The molecule has 4 nitrogen and oxygen atoms in total. The van der Waals surface area contributed by atoms with E-state index in [1.165, 1.54) is 19.1 Å².